The van der Waals surface area contributed by atoms with Crippen LogP contribution >= 0.6 is 0 Å². The van der Waals surface area contributed by atoms with Crippen molar-refractivity contribution in [2.24, 2.45) is 5.92 Å². The second-order valence-corrected chi connectivity index (χ2v) is 9.72. The SMILES string of the molecule is CC(C)(O)[C@H](F)CNC(=O)c1cnc(-c2ccc3cc(C#N)cnn23)cc1N[C@H]1C[C@@H](CNC(=O)O)C1. The number of anilines is 1. The van der Waals surface area contributed by atoms with Crippen LogP contribution in [0.4, 0.5) is 14.9 Å². The molecule has 3 aromatic heterocycles. The highest BCUT2D eigenvalue weighted by atomic mass is 19.1. The van der Waals surface area contributed by atoms with E-state index in [1.165, 1.54) is 26.2 Å². The Labute approximate surface area is 212 Å². The first-order chi connectivity index (χ1) is 17.5. The maximum absolute atomic E-state index is 14.2. The molecule has 0 spiro atoms. The van der Waals surface area contributed by atoms with Crippen molar-refractivity contribution in [2.75, 3.05) is 18.4 Å². The van der Waals surface area contributed by atoms with Gasteiger partial charge in [-0.2, -0.15) is 10.4 Å². The third-order valence-electron chi connectivity index (χ3n) is 6.39. The van der Waals surface area contributed by atoms with Crippen molar-refractivity contribution in [1.29, 1.82) is 5.26 Å². The van der Waals surface area contributed by atoms with Gasteiger partial charge in [0.1, 0.15) is 12.2 Å². The monoisotopic (exact) mass is 509 g/mol. The average molecular weight is 510 g/mol. The summed E-state index contributed by atoms with van der Waals surface area (Å²) in [6, 6.07) is 9.09. The number of nitrogens with zero attached hydrogens (tertiary/aromatic N) is 4. The molecule has 1 fully saturated rings. The molecule has 2 amide bonds. The lowest BCUT2D eigenvalue weighted by molar-refractivity contribution is -0.00177. The lowest BCUT2D eigenvalue weighted by Crippen LogP contribution is -2.43. The van der Waals surface area contributed by atoms with E-state index in [1.807, 2.05) is 12.1 Å². The van der Waals surface area contributed by atoms with Gasteiger partial charge in [-0.15, -0.1) is 0 Å². The number of nitrogens with one attached hydrogen (secondary N) is 3. The molecule has 37 heavy (non-hydrogen) atoms. The molecule has 5 N–H and O–H groups in total. The molecule has 0 saturated heterocycles. The van der Waals surface area contributed by atoms with E-state index in [-0.39, 0.29) is 24.1 Å². The standard InChI is InChI=1S/C25H28FN7O4/c1-25(2,37)22(26)13-29-23(34)18-12-28-20(21-4-3-17-7-15(9-27)11-31-33(17)21)8-19(18)32-16-5-14(6-16)10-30-24(35)36/h3-4,7-8,11-12,14,16,22,30,37H,5-6,10,13H2,1-2H3,(H,28,32)(H,29,34)(H,35,36)/t14-,16+,22-/m1/s1. The van der Waals surface area contributed by atoms with Crippen LogP contribution in [0, 0.1) is 17.2 Å². The Morgan fingerprint density at radius 2 is 2.03 bits per heavy atom. The van der Waals surface area contributed by atoms with Gasteiger partial charge in [0.25, 0.3) is 5.91 Å². The Hall–Kier alpha value is -4.24. The van der Waals surface area contributed by atoms with Gasteiger partial charge in [0.05, 0.1) is 52.1 Å². The third kappa shape index (κ3) is 5.95. The molecule has 0 radical (unpaired) electrons. The Bertz CT molecular complexity index is 1360. The van der Waals surface area contributed by atoms with Crippen LogP contribution in [-0.4, -0.2) is 67.7 Å². The number of nitriles is 1. The molecule has 4 rings (SSSR count). The fourth-order valence-corrected chi connectivity index (χ4v) is 4.15. The average Bonchev–Trinajstić information content (AvgIpc) is 3.25. The van der Waals surface area contributed by atoms with Crippen LogP contribution in [0.2, 0.25) is 0 Å². The van der Waals surface area contributed by atoms with Gasteiger partial charge in [-0.05, 0) is 56.9 Å². The summed E-state index contributed by atoms with van der Waals surface area (Å²) in [5.74, 6) is -0.368. The van der Waals surface area contributed by atoms with Gasteiger partial charge < -0.3 is 26.2 Å². The zero-order valence-corrected chi connectivity index (χ0v) is 20.4. The number of aromatic nitrogens is 3. The number of carboxylic acid groups (broad SMARTS) is 1. The summed E-state index contributed by atoms with van der Waals surface area (Å²) >= 11 is 0. The number of alkyl halides is 1. The highest BCUT2D eigenvalue weighted by molar-refractivity contribution is 6.00. The summed E-state index contributed by atoms with van der Waals surface area (Å²) in [5.41, 5.74) is 1.40. The van der Waals surface area contributed by atoms with Crippen LogP contribution < -0.4 is 16.0 Å². The number of pyridine rings is 1. The molecule has 1 aliphatic rings. The van der Waals surface area contributed by atoms with Crippen LogP contribution in [-0.2, 0) is 0 Å². The van der Waals surface area contributed by atoms with E-state index in [0.29, 0.717) is 47.5 Å². The molecule has 0 aromatic carbocycles. The van der Waals surface area contributed by atoms with Crippen molar-refractivity contribution in [1.82, 2.24) is 25.2 Å². The zero-order chi connectivity index (χ0) is 26.7. The molecule has 1 aliphatic carbocycles. The molecule has 1 atom stereocenters. The third-order valence-corrected chi connectivity index (χ3v) is 6.39. The lowest BCUT2D eigenvalue weighted by atomic mass is 9.80. The summed E-state index contributed by atoms with van der Waals surface area (Å²) in [7, 11) is 0. The van der Waals surface area contributed by atoms with Crippen LogP contribution in [0.3, 0.4) is 0 Å². The number of carbonyl (C=O) groups excluding carboxylic acids is 1. The minimum absolute atomic E-state index is 0.00747. The van der Waals surface area contributed by atoms with Gasteiger partial charge in [-0.1, -0.05) is 0 Å². The molecule has 0 unspecified atom stereocenters. The van der Waals surface area contributed by atoms with E-state index >= 15 is 0 Å². The largest absolute Gasteiger partial charge is 0.465 e. The minimum atomic E-state index is -1.66. The number of rotatable bonds is 9. The molecule has 1 saturated carbocycles. The normalized spacial score (nSPS) is 17.9. The van der Waals surface area contributed by atoms with Crippen LogP contribution in [0.15, 0.2) is 36.7 Å². The number of halogens is 1. The first kappa shape index (κ1) is 25.8. The first-order valence-corrected chi connectivity index (χ1v) is 11.8. The molecule has 12 heteroatoms. The Morgan fingerprint density at radius 3 is 2.70 bits per heavy atom. The number of hydrogen-bond acceptors (Lipinski definition) is 7. The van der Waals surface area contributed by atoms with Crippen molar-refractivity contribution in [3.05, 3.63) is 47.8 Å². The summed E-state index contributed by atoms with van der Waals surface area (Å²) < 4.78 is 15.9. The van der Waals surface area contributed by atoms with Crippen molar-refractivity contribution in [3.63, 3.8) is 0 Å². The molecule has 11 nitrogen and oxygen atoms in total. The van der Waals surface area contributed by atoms with E-state index in [2.05, 4.69) is 32.1 Å². The molecule has 0 aliphatic heterocycles. The highest BCUT2D eigenvalue weighted by Gasteiger charge is 2.31. The summed E-state index contributed by atoms with van der Waals surface area (Å²) in [6.07, 6.45) is 1.53. The van der Waals surface area contributed by atoms with Gasteiger partial charge in [0.2, 0.25) is 0 Å². The van der Waals surface area contributed by atoms with Crippen LogP contribution in [0.1, 0.15) is 42.6 Å². The number of hydrogen-bond donors (Lipinski definition) is 5. The summed E-state index contributed by atoms with van der Waals surface area (Å²) in [6.45, 7) is 2.64. The first-order valence-electron chi connectivity index (χ1n) is 11.8. The maximum Gasteiger partial charge on any atom is 0.404 e. The fourth-order valence-electron chi connectivity index (χ4n) is 4.15. The Morgan fingerprint density at radius 1 is 1.27 bits per heavy atom. The quantitative estimate of drug-likeness (QED) is 0.294. The molecule has 194 valence electrons. The van der Waals surface area contributed by atoms with Gasteiger partial charge in [0.15, 0.2) is 0 Å². The smallest absolute Gasteiger partial charge is 0.404 e. The highest BCUT2D eigenvalue weighted by Crippen LogP contribution is 2.32. The predicted octanol–water partition coefficient (Wildman–Crippen LogP) is 2.56. The molecule has 0 bridgehead atoms. The van der Waals surface area contributed by atoms with E-state index < -0.39 is 23.8 Å². The van der Waals surface area contributed by atoms with Crippen molar-refractivity contribution < 1.29 is 24.2 Å². The van der Waals surface area contributed by atoms with Gasteiger partial charge >= 0.3 is 6.09 Å². The molecule has 3 heterocycles. The van der Waals surface area contributed by atoms with Gasteiger partial charge in [0, 0.05) is 18.8 Å². The zero-order valence-electron chi connectivity index (χ0n) is 20.4. The Kier molecular flexibility index (Phi) is 7.26. The maximum atomic E-state index is 14.2. The van der Waals surface area contributed by atoms with E-state index in [0.717, 1.165) is 0 Å². The number of carbonyl (C=O) groups is 2. The summed E-state index contributed by atoms with van der Waals surface area (Å²) in [5, 5.41) is 40.3. The van der Waals surface area contributed by atoms with Crippen molar-refractivity contribution in [3.8, 4) is 17.5 Å². The van der Waals surface area contributed by atoms with Crippen molar-refractivity contribution >= 4 is 23.2 Å². The number of amides is 2. The second-order valence-electron chi connectivity index (χ2n) is 9.72. The van der Waals surface area contributed by atoms with Gasteiger partial charge in [-0.3, -0.25) is 9.78 Å². The van der Waals surface area contributed by atoms with Gasteiger partial charge in [-0.25, -0.2) is 13.7 Å². The predicted molar refractivity (Wildman–Crippen MR) is 133 cm³/mol. The molecular formula is C25H28FN7O4. The second kappa shape index (κ2) is 10.4. The minimum Gasteiger partial charge on any atom is -0.465 e. The van der Waals surface area contributed by atoms with Crippen LogP contribution in [0.5, 0.6) is 0 Å². The summed E-state index contributed by atoms with van der Waals surface area (Å²) in [4.78, 5) is 28.1. The Balaban J connectivity index is 1.58. The van der Waals surface area contributed by atoms with E-state index in [9.17, 15) is 19.1 Å². The van der Waals surface area contributed by atoms with Crippen LogP contribution in [0.25, 0.3) is 16.9 Å². The van der Waals surface area contributed by atoms with Crippen molar-refractivity contribution in [2.45, 2.75) is 44.5 Å². The molecule has 3 aromatic rings. The fraction of sp³-hybridized carbons (Fsp3) is 0.400. The lowest BCUT2D eigenvalue weighted by Gasteiger charge is -2.36. The topological polar surface area (TPSA) is 165 Å². The molecular weight excluding hydrogens is 481 g/mol. The van der Waals surface area contributed by atoms with E-state index in [1.54, 1.807) is 16.6 Å². The number of aliphatic hydroxyl groups is 1. The van der Waals surface area contributed by atoms with E-state index in [4.69, 9.17) is 10.4 Å². The number of fused-ring (bicyclic) bond motifs is 1.